The maximum absolute atomic E-state index is 5.59. The second-order valence-electron chi connectivity index (χ2n) is 4.88. The molecule has 0 spiro atoms. The lowest BCUT2D eigenvalue weighted by atomic mass is 9.89. The van der Waals surface area contributed by atoms with Crippen LogP contribution in [0.25, 0.3) is 0 Å². The van der Waals surface area contributed by atoms with Crippen molar-refractivity contribution < 1.29 is 9.78 Å². The second kappa shape index (κ2) is 4.56. The Hall–Kier alpha value is -1.64. The van der Waals surface area contributed by atoms with E-state index in [1.165, 1.54) is 0 Å². The monoisotopic (exact) mass is 240 g/mol. The predicted molar refractivity (Wildman–Crippen MR) is 69.8 cm³/mol. The van der Waals surface area contributed by atoms with Gasteiger partial charge in [0, 0.05) is 6.42 Å². The van der Waals surface area contributed by atoms with Crippen molar-refractivity contribution in [1.29, 1.82) is 0 Å². The van der Waals surface area contributed by atoms with Gasteiger partial charge in [0.15, 0.2) is 0 Å². The lowest BCUT2D eigenvalue weighted by Gasteiger charge is -2.20. The average Bonchev–Trinajstić information content (AvgIpc) is 2.85. The van der Waals surface area contributed by atoms with Crippen molar-refractivity contribution in [3.05, 3.63) is 71.8 Å². The fourth-order valence-corrected chi connectivity index (χ4v) is 2.38. The first kappa shape index (κ1) is 11.5. The van der Waals surface area contributed by atoms with Gasteiger partial charge in [0.05, 0.1) is 0 Å². The first-order chi connectivity index (χ1) is 8.78. The Morgan fingerprint density at radius 1 is 0.944 bits per heavy atom. The van der Waals surface area contributed by atoms with Crippen molar-refractivity contribution >= 4 is 0 Å². The second-order valence-corrected chi connectivity index (χ2v) is 4.88. The Balaban J connectivity index is 1.83. The molecule has 1 aliphatic heterocycles. The minimum atomic E-state index is -0.359. The van der Waals surface area contributed by atoms with Gasteiger partial charge >= 0.3 is 0 Å². The van der Waals surface area contributed by atoms with Crippen molar-refractivity contribution in [1.82, 2.24) is 0 Å². The molecule has 3 rings (SSSR count). The number of benzene rings is 2. The molecule has 18 heavy (non-hydrogen) atoms. The molecule has 0 saturated carbocycles. The molecule has 2 heteroatoms. The smallest absolute Gasteiger partial charge is 0.129 e. The SMILES string of the molecule is C[C@]1(c2ccccc2)C[C@@H](c2ccccc2)OO1. The van der Waals surface area contributed by atoms with Gasteiger partial charge < -0.3 is 0 Å². The van der Waals surface area contributed by atoms with Gasteiger partial charge in [0.2, 0.25) is 0 Å². The summed E-state index contributed by atoms with van der Waals surface area (Å²) in [5.41, 5.74) is 1.96. The summed E-state index contributed by atoms with van der Waals surface area (Å²) in [4.78, 5) is 11.1. The average molecular weight is 240 g/mol. The molecular weight excluding hydrogens is 224 g/mol. The van der Waals surface area contributed by atoms with Gasteiger partial charge in [-0.15, -0.1) is 0 Å². The van der Waals surface area contributed by atoms with Crippen LogP contribution in [0.2, 0.25) is 0 Å². The highest BCUT2D eigenvalue weighted by Gasteiger charge is 2.40. The molecule has 0 bridgehead atoms. The van der Waals surface area contributed by atoms with Gasteiger partial charge in [0.25, 0.3) is 0 Å². The van der Waals surface area contributed by atoms with Crippen molar-refractivity contribution in [3.8, 4) is 0 Å². The van der Waals surface area contributed by atoms with Crippen LogP contribution in [0.4, 0.5) is 0 Å². The molecule has 2 aromatic rings. The zero-order chi connectivity index (χ0) is 12.4. The third-order valence-electron chi connectivity index (χ3n) is 3.48. The summed E-state index contributed by atoms with van der Waals surface area (Å²) in [6, 6.07) is 20.4. The van der Waals surface area contributed by atoms with Crippen LogP contribution in [0.5, 0.6) is 0 Å². The van der Waals surface area contributed by atoms with E-state index in [0.29, 0.717) is 0 Å². The molecule has 1 aliphatic rings. The van der Waals surface area contributed by atoms with Crippen molar-refractivity contribution in [2.24, 2.45) is 0 Å². The third kappa shape index (κ3) is 2.05. The van der Waals surface area contributed by atoms with Crippen molar-refractivity contribution in [3.63, 3.8) is 0 Å². The zero-order valence-corrected chi connectivity index (χ0v) is 10.4. The van der Waals surface area contributed by atoms with E-state index in [4.69, 9.17) is 9.78 Å². The van der Waals surface area contributed by atoms with E-state index < -0.39 is 0 Å². The standard InChI is InChI=1S/C16H16O2/c1-16(14-10-6-3-7-11-14)12-15(17-18-16)13-8-4-2-5-9-13/h2-11,15H,12H2,1H3/t15-,16+/m0/s1. The summed E-state index contributed by atoms with van der Waals surface area (Å²) in [7, 11) is 0. The number of hydrogen-bond donors (Lipinski definition) is 0. The third-order valence-corrected chi connectivity index (χ3v) is 3.48. The summed E-state index contributed by atoms with van der Waals surface area (Å²) in [5.74, 6) is 0. The van der Waals surface area contributed by atoms with Gasteiger partial charge in [-0.05, 0) is 18.1 Å². The van der Waals surface area contributed by atoms with Gasteiger partial charge in [-0.25, -0.2) is 9.78 Å². The van der Waals surface area contributed by atoms with Crippen LogP contribution in [0, 0.1) is 0 Å². The van der Waals surface area contributed by atoms with E-state index in [9.17, 15) is 0 Å². The van der Waals surface area contributed by atoms with E-state index in [2.05, 4.69) is 31.2 Å². The molecule has 2 nitrogen and oxygen atoms in total. The normalized spacial score (nSPS) is 27.3. The van der Waals surface area contributed by atoms with Crippen LogP contribution in [0.15, 0.2) is 60.7 Å². The van der Waals surface area contributed by atoms with Crippen LogP contribution in [0.3, 0.4) is 0 Å². The maximum atomic E-state index is 5.59. The predicted octanol–water partition coefficient (Wildman–Crippen LogP) is 4.00. The van der Waals surface area contributed by atoms with Crippen LogP contribution in [0.1, 0.15) is 30.6 Å². The van der Waals surface area contributed by atoms with E-state index in [-0.39, 0.29) is 11.7 Å². The van der Waals surface area contributed by atoms with Crippen molar-refractivity contribution in [2.75, 3.05) is 0 Å². The van der Waals surface area contributed by atoms with E-state index in [1.807, 2.05) is 36.4 Å². The van der Waals surface area contributed by atoms with Gasteiger partial charge in [-0.2, -0.15) is 0 Å². The molecule has 0 radical (unpaired) electrons. The Morgan fingerprint density at radius 3 is 2.22 bits per heavy atom. The minimum Gasteiger partial charge on any atom is -0.228 e. The Bertz CT molecular complexity index is 509. The summed E-state index contributed by atoms with van der Waals surface area (Å²) >= 11 is 0. The molecule has 0 unspecified atom stereocenters. The van der Waals surface area contributed by atoms with Crippen LogP contribution in [-0.4, -0.2) is 0 Å². The summed E-state index contributed by atoms with van der Waals surface area (Å²) in [6.45, 7) is 2.07. The molecule has 1 heterocycles. The topological polar surface area (TPSA) is 18.5 Å². The fraction of sp³-hybridized carbons (Fsp3) is 0.250. The Kier molecular flexibility index (Phi) is 2.90. The molecule has 0 amide bonds. The fourth-order valence-electron chi connectivity index (χ4n) is 2.38. The zero-order valence-electron chi connectivity index (χ0n) is 10.4. The summed E-state index contributed by atoms with van der Waals surface area (Å²) < 4.78 is 0. The highest BCUT2D eigenvalue weighted by Crippen LogP contribution is 2.43. The Labute approximate surface area is 107 Å². The highest BCUT2D eigenvalue weighted by molar-refractivity contribution is 5.25. The quantitative estimate of drug-likeness (QED) is 0.739. The molecule has 0 aliphatic carbocycles. The van der Waals surface area contributed by atoms with E-state index in [0.717, 1.165) is 17.5 Å². The van der Waals surface area contributed by atoms with Gasteiger partial charge in [-0.3, -0.25) is 0 Å². The molecule has 1 fully saturated rings. The maximum Gasteiger partial charge on any atom is 0.129 e. The van der Waals surface area contributed by atoms with Crippen molar-refractivity contribution in [2.45, 2.75) is 25.0 Å². The molecular formula is C16H16O2. The van der Waals surface area contributed by atoms with Gasteiger partial charge in [0.1, 0.15) is 11.7 Å². The van der Waals surface area contributed by atoms with Gasteiger partial charge in [-0.1, -0.05) is 60.7 Å². The first-order valence-corrected chi connectivity index (χ1v) is 6.23. The molecule has 2 aromatic carbocycles. The Morgan fingerprint density at radius 2 is 1.56 bits per heavy atom. The molecule has 0 aromatic heterocycles. The lowest BCUT2D eigenvalue weighted by molar-refractivity contribution is -0.328. The largest absolute Gasteiger partial charge is 0.228 e. The number of hydrogen-bond acceptors (Lipinski definition) is 2. The molecule has 0 N–H and O–H groups in total. The first-order valence-electron chi connectivity index (χ1n) is 6.23. The highest BCUT2D eigenvalue weighted by atomic mass is 17.2. The van der Waals surface area contributed by atoms with E-state index >= 15 is 0 Å². The molecule has 92 valence electrons. The lowest BCUT2D eigenvalue weighted by Crippen LogP contribution is -2.19. The van der Waals surface area contributed by atoms with Crippen LogP contribution in [-0.2, 0) is 15.4 Å². The summed E-state index contributed by atoms with van der Waals surface area (Å²) in [5, 5.41) is 0. The molecule has 1 saturated heterocycles. The van der Waals surface area contributed by atoms with Crippen LogP contribution >= 0.6 is 0 Å². The minimum absolute atomic E-state index is 0.0106. The van der Waals surface area contributed by atoms with E-state index in [1.54, 1.807) is 0 Å². The number of rotatable bonds is 2. The van der Waals surface area contributed by atoms with Crippen LogP contribution < -0.4 is 0 Å². The summed E-state index contributed by atoms with van der Waals surface area (Å²) in [6.07, 6.45) is 0.845. The molecule has 2 atom stereocenters.